The molecule has 2 bridgehead atoms. The van der Waals surface area contributed by atoms with Gasteiger partial charge in [-0.3, -0.25) is 14.4 Å². The fourth-order valence-electron chi connectivity index (χ4n) is 7.00. The smallest absolute Gasteiger partial charge is 0.312 e. The van der Waals surface area contributed by atoms with Crippen LogP contribution in [0.25, 0.3) is 0 Å². The van der Waals surface area contributed by atoms with Gasteiger partial charge in [-0.25, -0.2) is 0 Å². The fraction of sp³-hybridized carbons (Fsp3) is 0.581. The van der Waals surface area contributed by atoms with Crippen molar-refractivity contribution in [1.29, 1.82) is 0 Å². The molecule has 2 amide bonds. The molecule has 2 unspecified atom stereocenters. The van der Waals surface area contributed by atoms with Crippen LogP contribution >= 0.6 is 0 Å². The van der Waals surface area contributed by atoms with Gasteiger partial charge in [0.1, 0.15) is 17.6 Å². The summed E-state index contributed by atoms with van der Waals surface area (Å²) in [5, 5.41) is 9.60. The number of hydrogen-bond acceptors (Lipinski definition) is 6. The van der Waals surface area contributed by atoms with E-state index in [0.29, 0.717) is 25.7 Å². The number of benzene rings is 1. The van der Waals surface area contributed by atoms with Crippen LogP contribution in [0.5, 0.6) is 0 Å². The Labute approximate surface area is 231 Å². The van der Waals surface area contributed by atoms with E-state index in [9.17, 15) is 19.5 Å². The predicted molar refractivity (Wildman–Crippen MR) is 149 cm³/mol. The van der Waals surface area contributed by atoms with E-state index in [4.69, 9.17) is 9.47 Å². The molecule has 8 nitrogen and oxygen atoms in total. The summed E-state index contributed by atoms with van der Waals surface area (Å²) in [5.41, 5.74) is 0.633. The van der Waals surface area contributed by atoms with Crippen molar-refractivity contribution >= 4 is 23.5 Å². The number of amides is 2. The van der Waals surface area contributed by atoms with Crippen molar-refractivity contribution in [2.45, 2.75) is 76.5 Å². The van der Waals surface area contributed by atoms with E-state index < -0.39 is 35.0 Å². The Morgan fingerprint density at radius 2 is 1.90 bits per heavy atom. The monoisotopic (exact) mass is 538 g/mol. The predicted octanol–water partition coefficient (Wildman–Crippen LogP) is 3.87. The maximum Gasteiger partial charge on any atom is 0.312 e. The van der Waals surface area contributed by atoms with Gasteiger partial charge in [0.15, 0.2) is 0 Å². The van der Waals surface area contributed by atoms with Crippen molar-refractivity contribution < 1.29 is 29.0 Å². The molecule has 1 aromatic carbocycles. The van der Waals surface area contributed by atoms with Gasteiger partial charge in [-0.1, -0.05) is 30.4 Å². The van der Waals surface area contributed by atoms with Crippen molar-refractivity contribution in [3.05, 3.63) is 54.6 Å². The third kappa shape index (κ3) is 4.93. The molecule has 39 heavy (non-hydrogen) atoms. The lowest BCUT2D eigenvalue weighted by molar-refractivity contribution is -0.159. The summed E-state index contributed by atoms with van der Waals surface area (Å²) < 4.78 is 12.3. The first-order valence-corrected chi connectivity index (χ1v) is 14.0. The fourth-order valence-corrected chi connectivity index (χ4v) is 7.00. The molecule has 3 saturated heterocycles. The Bertz CT molecular complexity index is 1110. The molecule has 0 aromatic heterocycles. The van der Waals surface area contributed by atoms with Crippen molar-refractivity contribution in [3.63, 3.8) is 0 Å². The third-order valence-electron chi connectivity index (χ3n) is 8.66. The number of aliphatic hydroxyl groups excluding tert-OH is 1. The highest BCUT2D eigenvalue weighted by molar-refractivity contribution is 6.05. The van der Waals surface area contributed by atoms with Gasteiger partial charge in [0, 0.05) is 25.4 Å². The number of anilines is 1. The molecular weight excluding hydrogens is 496 g/mol. The Morgan fingerprint density at radius 3 is 2.54 bits per heavy atom. The molecule has 1 spiro atoms. The number of aryl methyl sites for hydroxylation is 2. The SMILES string of the molecule is C=CCCCCOC(=O)[C@@H]1[C@H]2C(=O)N(CCCO)C(C(=O)N(CC=C)c3c(C)cccc3C)C23CC[C@@]1(C)O3. The number of hydrogen-bond donors (Lipinski definition) is 1. The third-order valence-corrected chi connectivity index (χ3v) is 8.66. The molecule has 212 valence electrons. The lowest BCUT2D eigenvalue weighted by Gasteiger charge is -2.37. The van der Waals surface area contributed by atoms with Crippen molar-refractivity contribution in [2.24, 2.45) is 11.8 Å². The van der Waals surface area contributed by atoms with Gasteiger partial charge >= 0.3 is 5.97 Å². The van der Waals surface area contributed by atoms with E-state index in [1.807, 2.05) is 45.0 Å². The van der Waals surface area contributed by atoms with Crippen molar-refractivity contribution in [1.82, 2.24) is 4.90 Å². The topological polar surface area (TPSA) is 96.4 Å². The molecular formula is C31H42N2O6. The number of unbranched alkanes of at least 4 members (excludes halogenated alkanes) is 2. The van der Waals surface area contributed by atoms with Gasteiger partial charge in [0.25, 0.3) is 5.91 Å². The molecule has 3 aliphatic heterocycles. The molecule has 1 N–H and O–H groups in total. The van der Waals surface area contributed by atoms with Gasteiger partial charge in [-0.15, -0.1) is 13.2 Å². The second-order valence-electron chi connectivity index (χ2n) is 11.3. The van der Waals surface area contributed by atoms with E-state index >= 15 is 0 Å². The number of allylic oxidation sites excluding steroid dienone is 1. The molecule has 3 aliphatic rings. The first kappa shape index (κ1) is 29.0. The largest absolute Gasteiger partial charge is 0.465 e. The highest BCUT2D eigenvalue weighted by Crippen LogP contribution is 2.63. The van der Waals surface area contributed by atoms with E-state index in [1.165, 1.54) is 0 Å². The maximum atomic E-state index is 14.6. The summed E-state index contributed by atoms with van der Waals surface area (Å²) in [6, 6.07) is 4.93. The average molecular weight is 539 g/mol. The summed E-state index contributed by atoms with van der Waals surface area (Å²) in [7, 11) is 0. The maximum absolute atomic E-state index is 14.6. The number of carbonyl (C=O) groups is 3. The lowest BCUT2D eigenvalue weighted by atomic mass is 9.66. The average Bonchev–Trinajstić information content (AvgIpc) is 3.46. The van der Waals surface area contributed by atoms with Crippen LogP contribution in [0.1, 0.15) is 56.6 Å². The molecule has 4 rings (SSSR count). The number of ether oxygens (including phenoxy) is 2. The number of carbonyl (C=O) groups excluding carboxylic acids is 3. The van der Waals surface area contributed by atoms with Gasteiger partial charge in [-0.05, 0) is 70.4 Å². The Hall–Kier alpha value is -2.97. The van der Waals surface area contributed by atoms with Crippen molar-refractivity contribution in [2.75, 3.05) is 31.2 Å². The summed E-state index contributed by atoms with van der Waals surface area (Å²) in [6.45, 7) is 14.0. The zero-order valence-corrected chi connectivity index (χ0v) is 23.5. The Morgan fingerprint density at radius 1 is 1.18 bits per heavy atom. The van der Waals surface area contributed by atoms with Gasteiger partial charge in [0.05, 0.1) is 18.1 Å². The minimum atomic E-state index is -1.14. The molecule has 0 radical (unpaired) electrons. The van der Waals surface area contributed by atoms with Crippen LogP contribution in [-0.4, -0.2) is 71.3 Å². The standard InChI is InChI=1S/C31H42N2O6/c1-6-8-9-10-20-38-29(37)24-23-27(35)33(18-12-19-34)26(31(23)16-15-30(24,5)39-31)28(36)32(17-7-2)25-21(3)13-11-14-22(25)4/h6-7,11,13-14,23-24,26,34H,1-2,8-10,12,15-20H2,3-5H3/t23-,24-,26?,30+,31?/m0/s1. The first-order valence-electron chi connectivity index (χ1n) is 14.0. The van der Waals surface area contributed by atoms with Crippen LogP contribution in [-0.2, 0) is 23.9 Å². The van der Waals surface area contributed by atoms with E-state index in [2.05, 4.69) is 13.2 Å². The highest BCUT2D eigenvalue weighted by Gasteiger charge is 2.78. The van der Waals surface area contributed by atoms with Gasteiger partial charge in [-0.2, -0.15) is 0 Å². The van der Waals surface area contributed by atoms with E-state index in [0.717, 1.165) is 29.7 Å². The molecule has 8 heteroatoms. The van der Waals surface area contributed by atoms with E-state index in [1.54, 1.807) is 15.9 Å². The number of esters is 1. The molecule has 0 aliphatic carbocycles. The van der Waals surface area contributed by atoms with Gasteiger partial charge < -0.3 is 24.4 Å². The second kappa shape index (κ2) is 11.6. The first-order chi connectivity index (χ1) is 18.7. The molecule has 3 heterocycles. The second-order valence-corrected chi connectivity index (χ2v) is 11.3. The van der Waals surface area contributed by atoms with Crippen LogP contribution in [0, 0.1) is 25.7 Å². The number of likely N-dealkylation sites (tertiary alicyclic amines) is 1. The summed E-state index contributed by atoms with van der Waals surface area (Å²) in [6.07, 6.45) is 7.29. The Balaban J connectivity index is 1.72. The normalized spacial score (nSPS) is 28.9. The van der Waals surface area contributed by atoms with Crippen LogP contribution in [0.15, 0.2) is 43.5 Å². The zero-order chi connectivity index (χ0) is 28.4. The van der Waals surface area contributed by atoms with Crippen molar-refractivity contribution in [3.8, 4) is 0 Å². The van der Waals surface area contributed by atoms with Crippen LogP contribution in [0.2, 0.25) is 0 Å². The summed E-state index contributed by atoms with van der Waals surface area (Å²) in [4.78, 5) is 45.3. The van der Waals surface area contributed by atoms with Crippen LogP contribution < -0.4 is 4.90 Å². The number of aliphatic hydroxyl groups is 1. The molecule has 0 saturated carbocycles. The summed E-state index contributed by atoms with van der Waals surface area (Å²) in [5.74, 6) is -2.58. The number of fused-ring (bicyclic) bond motifs is 1. The quantitative estimate of drug-likeness (QED) is 0.233. The Kier molecular flexibility index (Phi) is 8.66. The molecule has 3 fully saturated rings. The van der Waals surface area contributed by atoms with E-state index in [-0.39, 0.29) is 38.1 Å². The zero-order valence-electron chi connectivity index (χ0n) is 23.5. The molecule has 1 aromatic rings. The highest BCUT2D eigenvalue weighted by atomic mass is 16.6. The van der Waals surface area contributed by atoms with Crippen LogP contribution in [0.4, 0.5) is 5.69 Å². The van der Waals surface area contributed by atoms with Gasteiger partial charge in [0.2, 0.25) is 5.91 Å². The minimum Gasteiger partial charge on any atom is -0.465 e. The lowest BCUT2D eigenvalue weighted by Crippen LogP contribution is -2.56. The number of para-hydroxylation sites is 1. The number of rotatable bonds is 13. The summed E-state index contributed by atoms with van der Waals surface area (Å²) >= 11 is 0. The minimum absolute atomic E-state index is 0.121. The number of nitrogens with zero attached hydrogens (tertiary/aromatic N) is 2. The van der Waals surface area contributed by atoms with Crippen LogP contribution in [0.3, 0.4) is 0 Å². The molecule has 5 atom stereocenters.